The van der Waals surface area contributed by atoms with E-state index in [4.69, 9.17) is 19.2 Å². The van der Waals surface area contributed by atoms with Crippen LogP contribution < -0.4 is 10.3 Å². The average Bonchev–Trinajstić information content (AvgIpc) is 2.76. The molecule has 2 aromatic heterocycles. The minimum absolute atomic E-state index is 0.113. The fourth-order valence-corrected chi connectivity index (χ4v) is 4.22. The zero-order valence-corrected chi connectivity index (χ0v) is 19.4. The molecule has 8 heteroatoms. The number of aromatic hydroxyl groups is 1. The summed E-state index contributed by atoms with van der Waals surface area (Å²) in [5.41, 5.74) is 2.30. The Hall–Kier alpha value is -2.87. The summed E-state index contributed by atoms with van der Waals surface area (Å²) in [6, 6.07) is 2.00. The zero-order chi connectivity index (χ0) is 23.4. The van der Waals surface area contributed by atoms with E-state index in [-0.39, 0.29) is 23.1 Å². The van der Waals surface area contributed by atoms with Crippen LogP contribution in [0.4, 0.5) is 0 Å². The number of esters is 1. The van der Waals surface area contributed by atoms with Gasteiger partial charge in [0.2, 0.25) is 0 Å². The van der Waals surface area contributed by atoms with Crippen molar-refractivity contribution >= 4 is 5.97 Å². The number of hydrogen-bond donors (Lipinski definition) is 2. The Morgan fingerprint density at radius 3 is 2.69 bits per heavy atom. The van der Waals surface area contributed by atoms with Crippen LogP contribution in [0, 0.1) is 5.92 Å². The third-order valence-corrected chi connectivity index (χ3v) is 5.85. The molecule has 2 N–H and O–H groups in total. The summed E-state index contributed by atoms with van der Waals surface area (Å²) < 4.78 is 15.8. The van der Waals surface area contributed by atoms with Crippen molar-refractivity contribution in [2.75, 3.05) is 27.4 Å². The number of rotatable bonds is 9. The summed E-state index contributed by atoms with van der Waals surface area (Å²) in [5.74, 6) is -0.410. The highest BCUT2D eigenvalue weighted by molar-refractivity contribution is 5.93. The van der Waals surface area contributed by atoms with Gasteiger partial charge in [-0.1, -0.05) is 27.2 Å². The van der Waals surface area contributed by atoms with E-state index < -0.39 is 11.5 Å². The monoisotopic (exact) mass is 444 g/mol. The van der Waals surface area contributed by atoms with E-state index in [1.807, 2.05) is 19.9 Å². The van der Waals surface area contributed by atoms with Gasteiger partial charge < -0.3 is 24.3 Å². The minimum Gasteiger partial charge on any atom is -0.506 e. The lowest BCUT2D eigenvalue weighted by molar-refractivity contribution is 0.0595. The summed E-state index contributed by atoms with van der Waals surface area (Å²) in [4.78, 5) is 32.5. The van der Waals surface area contributed by atoms with Gasteiger partial charge in [0, 0.05) is 25.7 Å². The van der Waals surface area contributed by atoms with Crippen LogP contribution in [0.1, 0.15) is 66.7 Å². The number of methoxy groups -OCH3 is 2. The van der Waals surface area contributed by atoms with Crippen LogP contribution in [0.5, 0.6) is 11.5 Å². The Kier molecular flexibility index (Phi) is 7.56. The molecule has 1 aliphatic rings. The maximum absolute atomic E-state index is 12.7. The quantitative estimate of drug-likeness (QED) is 0.449. The molecule has 0 saturated carbocycles. The molecular weight excluding hydrogens is 412 g/mol. The number of carbonyl (C=O) groups excluding carboxylic acids is 1. The predicted octanol–water partition coefficient (Wildman–Crippen LogP) is 3.59. The number of hydrogen-bond acceptors (Lipinski definition) is 7. The number of H-pyrrole nitrogens is 1. The molecule has 1 aliphatic carbocycles. The molecule has 0 amide bonds. The van der Waals surface area contributed by atoms with Crippen LogP contribution in [0.15, 0.2) is 10.9 Å². The van der Waals surface area contributed by atoms with Gasteiger partial charge in [-0.3, -0.25) is 4.79 Å². The molecule has 2 aromatic rings. The van der Waals surface area contributed by atoms with Crippen LogP contribution in [0.25, 0.3) is 11.4 Å². The molecule has 1 unspecified atom stereocenters. The molecule has 0 bridgehead atoms. The molecule has 32 heavy (non-hydrogen) atoms. The van der Waals surface area contributed by atoms with Gasteiger partial charge in [-0.2, -0.15) is 0 Å². The highest BCUT2D eigenvalue weighted by Crippen LogP contribution is 2.46. The van der Waals surface area contributed by atoms with Gasteiger partial charge in [-0.15, -0.1) is 0 Å². The molecule has 0 aliphatic heterocycles. The van der Waals surface area contributed by atoms with Crippen molar-refractivity contribution in [2.45, 2.75) is 52.4 Å². The van der Waals surface area contributed by atoms with E-state index >= 15 is 0 Å². The topological polar surface area (TPSA) is 111 Å². The minimum atomic E-state index is -0.862. The SMILES string of the molecule is CCCc1nc2c(cc1OCCCOC)CC(C(C)C)c1c-2[nH]c(=O)c(C(=O)OC)c1O. The summed E-state index contributed by atoms with van der Waals surface area (Å²) in [5, 5.41) is 11.0. The number of nitrogens with zero attached hydrogens (tertiary/aromatic N) is 1. The first kappa shape index (κ1) is 23.8. The second-order valence-electron chi connectivity index (χ2n) is 8.40. The summed E-state index contributed by atoms with van der Waals surface area (Å²) >= 11 is 0. The van der Waals surface area contributed by atoms with Gasteiger partial charge in [-0.25, -0.2) is 9.78 Å². The molecule has 1 atom stereocenters. The number of aromatic nitrogens is 2. The number of aryl methyl sites for hydroxylation is 1. The second-order valence-corrected chi connectivity index (χ2v) is 8.40. The molecule has 8 nitrogen and oxygen atoms in total. The molecule has 0 fully saturated rings. The second kappa shape index (κ2) is 10.2. The maximum atomic E-state index is 12.7. The largest absolute Gasteiger partial charge is 0.506 e. The van der Waals surface area contributed by atoms with Gasteiger partial charge in [0.25, 0.3) is 5.56 Å². The lowest BCUT2D eigenvalue weighted by atomic mass is 9.76. The van der Waals surface area contributed by atoms with Crippen molar-refractivity contribution in [1.82, 2.24) is 9.97 Å². The van der Waals surface area contributed by atoms with E-state index in [1.54, 1.807) is 7.11 Å². The molecule has 0 spiro atoms. The van der Waals surface area contributed by atoms with Crippen LogP contribution in [-0.4, -0.2) is 48.5 Å². The Bertz CT molecular complexity index is 1040. The number of carbonyl (C=O) groups is 1. The van der Waals surface area contributed by atoms with Crippen LogP contribution in [0.3, 0.4) is 0 Å². The fourth-order valence-electron chi connectivity index (χ4n) is 4.22. The van der Waals surface area contributed by atoms with Gasteiger partial charge >= 0.3 is 5.97 Å². The van der Waals surface area contributed by atoms with Crippen LogP contribution >= 0.6 is 0 Å². The normalized spacial score (nSPS) is 14.8. The highest BCUT2D eigenvalue weighted by Gasteiger charge is 2.35. The number of fused-ring (bicyclic) bond motifs is 3. The number of nitrogens with one attached hydrogen (secondary N) is 1. The van der Waals surface area contributed by atoms with E-state index in [9.17, 15) is 14.7 Å². The molecular formula is C24H32N2O6. The first-order chi connectivity index (χ1) is 15.3. The van der Waals surface area contributed by atoms with Crippen LogP contribution in [0.2, 0.25) is 0 Å². The summed E-state index contributed by atoms with van der Waals surface area (Å²) in [7, 11) is 2.84. The lowest BCUT2D eigenvalue weighted by Crippen LogP contribution is -2.26. The standard InChI is InChI=1S/C24H32N2O6/c1-6-8-16-17(32-10-7-9-30-4)12-14-11-15(13(2)3)18-21(20(14)25-16)26-23(28)19(22(18)27)24(29)31-5/h12-13,15H,6-11H2,1-5H3,(H2,26,27,28). The Labute approximate surface area is 187 Å². The van der Waals surface area contributed by atoms with Gasteiger partial charge in [0.1, 0.15) is 11.5 Å². The Balaban J connectivity index is 2.18. The molecule has 174 valence electrons. The fraction of sp³-hybridized carbons (Fsp3) is 0.542. The van der Waals surface area contributed by atoms with Gasteiger partial charge in [0.15, 0.2) is 5.56 Å². The Morgan fingerprint density at radius 2 is 2.06 bits per heavy atom. The first-order valence-electron chi connectivity index (χ1n) is 11.1. The Morgan fingerprint density at radius 1 is 1.31 bits per heavy atom. The molecule has 0 aromatic carbocycles. The summed E-state index contributed by atoms with van der Waals surface area (Å²) in [6.07, 6.45) is 2.97. The van der Waals surface area contributed by atoms with Crippen molar-refractivity contribution in [3.63, 3.8) is 0 Å². The van der Waals surface area contributed by atoms with E-state index in [0.717, 1.165) is 29.8 Å². The van der Waals surface area contributed by atoms with Crippen molar-refractivity contribution < 1.29 is 24.1 Å². The predicted molar refractivity (Wildman–Crippen MR) is 121 cm³/mol. The average molecular weight is 445 g/mol. The van der Waals surface area contributed by atoms with Crippen molar-refractivity contribution in [3.8, 4) is 22.9 Å². The number of pyridine rings is 2. The van der Waals surface area contributed by atoms with Crippen LogP contribution in [-0.2, 0) is 22.3 Å². The maximum Gasteiger partial charge on any atom is 0.347 e. The van der Waals surface area contributed by atoms with Crippen molar-refractivity contribution in [2.24, 2.45) is 5.92 Å². The van der Waals surface area contributed by atoms with E-state index in [1.165, 1.54) is 7.11 Å². The zero-order valence-electron chi connectivity index (χ0n) is 19.4. The third kappa shape index (κ3) is 4.50. The molecule has 3 rings (SSSR count). The van der Waals surface area contributed by atoms with E-state index in [2.05, 4.69) is 11.9 Å². The smallest absolute Gasteiger partial charge is 0.347 e. The number of aromatic amines is 1. The lowest BCUT2D eigenvalue weighted by Gasteiger charge is -2.31. The third-order valence-electron chi connectivity index (χ3n) is 5.85. The molecule has 0 saturated heterocycles. The van der Waals surface area contributed by atoms with Gasteiger partial charge in [0.05, 0.1) is 30.8 Å². The molecule has 2 heterocycles. The first-order valence-corrected chi connectivity index (χ1v) is 11.1. The van der Waals surface area contributed by atoms with Crippen molar-refractivity contribution in [1.29, 1.82) is 0 Å². The highest BCUT2D eigenvalue weighted by atomic mass is 16.5. The van der Waals surface area contributed by atoms with E-state index in [0.29, 0.717) is 43.0 Å². The van der Waals surface area contributed by atoms with Crippen molar-refractivity contribution in [3.05, 3.63) is 38.8 Å². The summed E-state index contributed by atoms with van der Waals surface area (Å²) in [6.45, 7) is 7.29. The molecule has 0 radical (unpaired) electrons. The van der Waals surface area contributed by atoms with Gasteiger partial charge in [-0.05, 0) is 36.3 Å². The number of ether oxygens (including phenoxy) is 3.